The van der Waals surface area contributed by atoms with Gasteiger partial charge in [-0.25, -0.2) is 0 Å². The van der Waals surface area contributed by atoms with Crippen molar-refractivity contribution >= 4 is 0 Å². The van der Waals surface area contributed by atoms with Crippen LogP contribution in [0.15, 0.2) is 0 Å². The van der Waals surface area contributed by atoms with Gasteiger partial charge in [0.25, 0.3) is 0 Å². The van der Waals surface area contributed by atoms with Crippen molar-refractivity contribution in [3.05, 3.63) is 0 Å². The molecule has 3 atom stereocenters. The van der Waals surface area contributed by atoms with Crippen LogP contribution in [-0.4, -0.2) is 35.6 Å². The average molecular weight is 250 g/mol. The second-order valence-corrected chi connectivity index (χ2v) is 6.95. The van der Waals surface area contributed by atoms with Gasteiger partial charge in [-0.2, -0.15) is 0 Å². The molecule has 0 radical (unpaired) electrons. The van der Waals surface area contributed by atoms with E-state index in [9.17, 15) is 0 Å². The fourth-order valence-corrected chi connectivity index (χ4v) is 4.46. The van der Waals surface area contributed by atoms with Crippen LogP contribution in [-0.2, 0) is 0 Å². The highest BCUT2D eigenvalue weighted by molar-refractivity contribution is 5.06. The highest BCUT2D eigenvalue weighted by Crippen LogP contribution is 2.44. The molecule has 2 nitrogen and oxygen atoms in total. The van der Waals surface area contributed by atoms with E-state index in [1.807, 2.05) is 0 Å². The van der Waals surface area contributed by atoms with Gasteiger partial charge in [-0.3, -0.25) is 4.90 Å². The third kappa shape index (κ3) is 2.34. The van der Waals surface area contributed by atoms with Crippen molar-refractivity contribution in [2.75, 3.05) is 13.1 Å². The minimum absolute atomic E-state index is 0.505. The molecule has 2 saturated carbocycles. The summed E-state index contributed by atoms with van der Waals surface area (Å²) in [5, 5.41) is 3.91. The molecule has 1 spiro atoms. The molecule has 2 heteroatoms. The summed E-state index contributed by atoms with van der Waals surface area (Å²) in [6, 6.07) is 1.75. The average Bonchev–Trinajstić information content (AvgIpc) is 3.01. The standard InChI is InChI=1S/C16H30N2/c1-3-7-13-10-15(13)18-12-16(8-5-6-9-16)17-11-14(18)4-2/h13-15,17H,3-12H2,1-2H3. The SMILES string of the molecule is CCCC1CC1N1CC2(CCCC2)NCC1CC. The van der Waals surface area contributed by atoms with Gasteiger partial charge in [-0.1, -0.05) is 33.1 Å². The van der Waals surface area contributed by atoms with E-state index in [1.165, 1.54) is 64.5 Å². The first-order valence-electron chi connectivity index (χ1n) is 8.29. The molecule has 3 rings (SSSR count). The van der Waals surface area contributed by atoms with Crippen molar-refractivity contribution in [3.8, 4) is 0 Å². The molecule has 1 heterocycles. The van der Waals surface area contributed by atoms with Gasteiger partial charge < -0.3 is 5.32 Å². The second kappa shape index (κ2) is 5.13. The van der Waals surface area contributed by atoms with E-state index in [0.717, 1.165) is 18.0 Å². The zero-order chi connectivity index (χ0) is 12.6. The molecule has 0 aromatic heterocycles. The van der Waals surface area contributed by atoms with Gasteiger partial charge in [-0.15, -0.1) is 0 Å². The predicted octanol–water partition coefficient (Wildman–Crippen LogP) is 3.17. The van der Waals surface area contributed by atoms with E-state index >= 15 is 0 Å². The zero-order valence-electron chi connectivity index (χ0n) is 12.3. The number of piperazine rings is 1. The summed E-state index contributed by atoms with van der Waals surface area (Å²) >= 11 is 0. The van der Waals surface area contributed by atoms with Crippen molar-refractivity contribution in [1.29, 1.82) is 0 Å². The zero-order valence-corrected chi connectivity index (χ0v) is 12.3. The summed E-state index contributed by atoms with van der Waals surface area (Å²) in [7, 11) is 0. The Morgan fingerprint density at radius 1 is 1.22 bits per heavy atom. The van der Waals surface area contributed by atoms with E-state index in [1.54, 1.807) is 0 Å². The van der Waals surface area contributed by atoms with Crippen LogP contribution in [0.1, 0.15) is 65.2 Å². The summed E-state index contributed by atoms with van der Waals surface area (Å²) in [5.41, 5.74) is 0.505. The third-order valence-electron chi connectivity index (χ3n) is 5.67. The lowest BCUT2D eigenvalue weighted by molar-refractivity contribution is 0.0664. The van der Waals surface area contributed by atoms with Gasteiger partial charge in [-0.05, 0) is 38.0 Å². The van der Waals surface area contributed by atoms with E-state index in [0.29, 0.717) is 5.54 Å². The van der Waals surface area contributed by atoms with Crippen LogP contribution in [0.25, 0.3) is 0 Å². The van der Waals surface area contributed by atoms with E-state index < -0.39 is 0 Å². The first-order chi connectivity index (χ1) is 8.78. The molecule has 18 heavy (non-hydrogen) atoms. The van der Waals surface area contributed by atoms with Crippen molar-refractivity contribution in [2.45, 2.75) is 82.8 Å². The molecule has 0 aromatic rings. The Morgan fingerprint density at radius 2 is 2.00 bits per heavy atom. The Hall–Kier alpha value is -0.0800. The smallest absolute Gasteiger partial charge is 0.0309 e. The van der Waals surface area contributed by atoms with Crippen molar-refractivity contribution in [3.63, 3.8) is 0 Å². The molecule has 3 aliphatic rings. The number of rotatable bonds is 4. The highest BCUT2D eigenvalue weighted by Gasteiger charge is 2.49. The van der Waals surface area contributed by atoms with Crippen LogP contribution in [0.3, 0.4) is 0 Å². The number of hydrogen-bond acceptors (Lipinski definition) is 2. The van der Waals surface area contributed by atoms with Crippen molar-refractivity contribution in [1.82, 2.24) is 10.2 Å². The molecular formula is C16H30N2. The van der Waals surface area contributed by atoms with Gasteiger partial charge in [0.1, 0.15) is 0 Å². The fourth-order valence-electron chi connectivity index (χ4n) is 4.46. The van der Waals surface area contributed by atoms with Crippen LogP contribution in [0.5, 0.6) is 0 Å². The fraction of sp³-hybridized carbons (Fsp3) is 1.00. The minimum atomic E-state index is 0.505. The number of nitrogens with one attached hydrogen (secondary N) is 1. The Kier molecular flexibility index (Phi) is 3.68. The summed E-state index contributed by atoms with van der Waals surface area (Å²) in [4.78, 5) is 2.90. The summed E-state index contributed by atoms with van der Waals surface area (Å²) in [6.07, 6.45) is 11.4. The molecule has 1 N–H and O–H groups in total. The number of nitrogens with zero attached hydrogens (tertiary/aromatic N) is 1. The summed E-state index contributed by atoms with van der Waals surface area (Å²) < 4.78 is 0. The predicted molar refractivity (Wildman–Crippen MR) is 76.8 cm³/mol. The normalized spacial score (nSPS) is 39.3. The molecule has 0 bridgehead atoms. The molecule has 0 aromatic carbocycles. The third-order valence-corrected chi connectivity index (χ3v) is 5.67. The lowest BCUT2D eigenvalue weighted by Crippen LogP contribution is -2.63. The minimum Gasteiger partial charge on any atom is -0.308 e. The molecule has 104 valence electrons. The van der Waals surface area contributed by atoms with Gasteiger partial charge in [0, 0.05) is 30.7 Å². The summed E-state index contributed by atoms with van der Waals surface area (Å²) in [6.45, 7) is 7.29. The van der Waals surface area contributed by atoms with Crippen LogP contribution in [0, 0.1) is 5.92 Å². The lowest BCUT2D eigenvalue weighted by Gasteiger charge is -2.47. The largest absolute Gasteiger partial charge is 0.308 e. The molecule has 3 fully saturated rings. The quantitative estimate of drug-likeness (QED) is 0.824. The first kappa shape index (κ1) is 12.9. The van der Waals surface area contributed by atoms with E-state index in [-0.39, 0.29) is 0 Å². The van der Waals surface area contributed by atoms with Crippen LogP contribution < -0.4 is 5.32 Å². The summed E-state index contributed by atoms with van der Waals surface area (Å²) in [5.74, 6) is 1.03. The molecule has 1 saturated heterocycles. The topological polar surface area (TPSA) is 15.3 Å². The first-order valence-corrected chi connectivity index (χ1v) is 8.29. The highest BCUT2D eigenvalue weighted by atomic mass is 15.3. The maximum absolute atomic E-state index is 3.91. The molecule has 0 amide bonds. The van der Waals surface area contributed by atoms with E-state index in [4.69, 9.17) is 0 Å². The Balaban J connectivity index is 1.65. The van der Waals surface area contributed by atoms with Crippen LogP contribution in [0.2, 0.25) is 0 Å². The maximum Gasteiger partial charge on any atom is 0.0309 e. The lowest BCUT2D eigenvalue weighted by atomic mass is 9.91. The Bertz CT molecular complexity index is 283. The van der Waals surface area contributed by atoms with Crippen LogP contribution >= 0.6 is 0 Å². The van der Waals surface area contributed by atoms with Gasteiger partial charge in [0.15, 0.2) is 0 Å². The van der Waals surface area contributed by atoms with Crippen molar-refractivity contribution in [2.24, 2.45) is 5.92 Å². The molecular weight excluding hydrogens is 220 g/mol. The Labute approximate surface area is 113 Å². The monoisotopic (exact) mass is 250 g/mol. The van der Waals surface area contributed by atoms with Gasteiger partial charge in [0.05, 0.1) is 0 Å². The Morgan fingerprint density at radius 3 is 2.67 bits per heavy atom. The number of hydrogen-bond donors (Lipinski definition) is 1. The van der Waals surface area contributed by atoms with Gasteiger partial charge in [0.2, 0.25) is 0 Å². The van der Waals surface area contributed by atoms with Gasteiger partial charge >= 0.3 is 0 Å². The van der Waals surface area contributed by atoms with E-state index in [2.05, 4.69) is 24.1 Å². The second-order valence-electron chi connectivity index (χ2n) is 6.95. The molecule has 1 aliphatic heterocycles. The van der Waals surface area contributed by atoms with Crippen molar-refractivity contribution < 1.29 is 0 Å². The maximum atomic E-state index is 3.91. The molecule has 2 aliphatic carbocycles. The molecule has 3 unspecified atom stereocenters. The van der Waals surface area contributed by atoms with Crippen LogP contribution in [0.4, 0.5) is 0 Å².